The number of hydrogen-bond donors (Lipinski definition) is 1. The lowest BCUT2D eigenvalue weighted by Gasteiger charge is -2.10. The van der Waals surface area contributed by atoms with Crippen molar-refractivity contribution in [3.8, 4) is 5.75 Å². The summed E-state index contributed by atoms with van der Waals surface area (Å²) in [5, 5.41) is 8.15. The van der Waals surface area contributed by atoms with Crippen LogP contribution in [0.5, 0.6) is 5.75 Å². The highest BCUT2D eigenvalue weighted by Crippen LogP contribution is 2.14. The minimum Gasteiger partial charge on any atom is -0.491 e. The molecule has 102 valence electrons. The van der Waals surface area contributed by atoms with Gasteiger partial charge in [0.2, 0.25) is 0 Å². The first kappa shape index (κ1) is 13.5. The molecule has 0 saturated carbocycles. The van der Waals surface area contributed by atoms with Crippen LogP contribution in [0.25, 0.3) is 0 Å². The van der Waals surface area contributed by atoms with Gasteiger partial charge in [0, 0.05) is 12.6 Å². The Kier molecular flexibility index (Phi) is 4.52. The zero-order chi connectivity index (χ0) is 13.7. The van der Waals surface area contributed by atoms with Gasteiger partial charge in [0.05, 0.1) is 18.3 Å². The van der Waals surface area contributed by atoms with Crippen molar-refractivity contribution in [1.82, 2.24) is 15.0 Å². The predicted octanol–water partition coefficient (Wildman–Crippen LogP) is 1.61. The summed E-state index contributed by atoms with van der Waals surface area (Å²) in [6.07, 6.45) is 2.90. The van der Waals surface area contributed by atoms with Crippen molar-refractivity contribution in [1.29, 1.82) is 0 Å². The predicted molar refractivity (Wildman–Crippen MR) is 74.1 cm³/mol. The van der Waals surface area contributed by atoms with Gasteiger partial charge in [0.25, 0.3) is 0 Å². The van der Waals surface area contributed by atoms with Crippen LogP contribution < -0.4 is 10.5 Å². The molecule has 0 aliphatic carbocycles. The van der Waals surface area contributed by atoms with Gasteiger partial charge in [-0.3, -0.25) is 0 Å². The van der Waals surface area contributed by atoms with Crippen molar-refractivity contribution in [2.45, 2.75) is 32.9 Å². The first-order valence-corrected chi connectivity index (χ1v) is 6.52. The van der Waals surface area contributed by atoms with E-state index in [0.717, 1.165) is 17.9 Å². The van der Waals surface area contributed by atoms with Crippen LogP contribution in [0.3, 0.4) is 0 Å². The standard InChI is InChI=1S/C14H20N4O/c1-11(2)19-14-5-3-12(4-6-14)9-18-10-13(7-8-15)16-17-18/h3-6,10-11H,7-9,15H2,1-2H3. The second-order valence-electron chi connectivity index (χ2n) is 4.76. The number of nitrogens with zero attached hydrogens (tertiary/aromatic N) is 3. The number of ether oxygens (including phenoxy) is 1. The maximum absolute atomic E-state index is 5.61. The molecule has 1 aromatic carbocycles. The van der Waals surface area contributed by atoms with E-state index in [2.05, 4.69) is 10.3 Å². The Bertz CT molecular complexity index is 504. The third-order valence-corrected chi connectivity index (χ3v) is 2.63. The van der Waals surface area contributed by atoms with Crippen molar-refractivity contribution in [2.24, 2.45) is 5.73 Å². The Balaban J connectivity index is 1.98. The molecular formula is C14H20N4O. The van der Waals surface area contributed by atoms with E-state index < -0.39 is 0 Å². The highest BCUT2D eigenvalue weighted by atomic mass is 16.5. The molecule has 0 radical (unpaired) electrons. The molecule has 0 saturated heterocycles. The lowest BCUT2D eigenvalue weighted by atomic mass is 10.2. The summed E-state index contributed by atoms with van der Waals surface area (Å²) in [4.78, 5) is 0. The van der Waals surface area contributed by atoms with Crippen LogP contribution >= 0.6 is 0 Å². The van der Waals surface area contributed by atoms with Crippen LogP contribution in [-0.2, 0) is 13.0 Å². The summed E-state index contributed by atoms with van der Waals surface area (Å²) in [7, 11) is 0. The Labute approximate surface area is 113 Å². The Morgan fingerprint density at radius 1 is 1.26 bits per heavy atom. The number of hydrogen-bond acceptors (Lipinski definition) is 4. The van der Waals surface area contributed by atoms with E-state index in [1.54, 1.807) is 0 Å². The van der Waals surface area contributed by atoms with E-state index in [0.29, 0.717) is 13.1 Å². The molecule has 0 fully saturated rings. The van der Waals surface area contributed by atoms with E-state index in [1.165, 1.54) is 5.56 Å². The van der Waals surface area contributed by atoms with Crippen LogP contribution in [0, 0.1) is 0 Å². The third kappa shape index (κ3) is 4.06. The highest BCUT2D eigenvalue weighted by Gasteiger charge is 2.02. The molecule has 0 aliphatic heterocycles. The van der Waals surface area contributed by atoms with Crippen molar-refractivity contribution in [3.05, 3.63) is 41.7 Å². The zero-order valence-corrected chi connectivity index (χ0v) is 11.4. The molecule has 5 nitrogen and oxygen atoms in total. The molecule has 19 heavy (non-hydrogen) atoms. The lowest BCUT2D eigenvalue weighted by Crippen LogP contribution is -2.06. The number of aromatic nitrogens is 3. The van der Waals surface area contributed by atoms with Gasteiger partial charge in [-0.25, -0.2) is 4.68 Å². The largest absolute Gasteiger partial charge is 0.491 e. The first-order chi connectivity index (χ1) is 9.17. The van der Waals surface area contributed by atoms with E-state index in [9.17, 15) is 0 Å². The second-order valence-corrected chi connectivity index (χ2v) is 4.76. The van der Waals surface area contributed by atoms with Gasteiger partial charge in [-0.15, -0.1) is 5.10 Å². The monoisotopic (exact) mass is 260 g/mol. The van der Waals surface area contributed by atoms with E-state index in [-0.39, 0.29) is 6.10 Å². The lowest BCUT2D eigenvalue weighted by molar-refractivity contribution is 0.242. The van der Waals surface area contributed by atoms with Crippen molar-refractivity contribution < 1.29 is 4.74 Å². The van der Waals surface area contributed by atoms with Gasteiger partial charge < -0.3 is 10.5 Å². The van der Waals surface area contributed by atoms with Gasteiger partial charge in [-0.2, -0.15) is 0 Å². The topological polar surface area (TPSA) is 66.0 Å². The van der Waals surface area contributed by atoms with E-state index in [1.807, 2.05) is 49.0 Å². The molecule has 2 N–H and O–H groups in total. The number of nitrogens with two attached hydrogens (primary N) is 1. The molecule has 0 bridgehead atoms. The Morgan fingerprint density at radius 3 is 2.63 bits per heavy atom. The number of benzene rings is 1. The second kappa shape index (κ2) is 6.33. The maximum Gasteiger partial charge on any atom is 0.119 e. The third-order valence-electron chi connectivity index (χ3n) is 2.63. The van der Waals surface area contributed by atoms with E-state index >= 15 is 0 Å². The summed E-state index contributed by atoms with van der Waals surface area (Å²) in [6.45, 7) is 5.34. The molecule has 0 spiro atoms. The van der Waals surface area contributed by atoms with Gasteiger partial charge >= 0.3 is 0 Å². The van der Waals surface area contributed by atoms with Gasteiger partial charge in [0.1, 0.15) is 5.75 Å². The molecule has 0 unspecified atom stereocenters. The zero-order valence-electron chi connectivity index (χ0n) is 11.4. The van der Waals surface area contributed by atoms with Crippen LogP contribution in [0.2, 0.25) is 0 Å². The maximum atomic E-state index is 5.61. The van der Waals surface area contributed by atoms with Crippen LogP contribution in [0.15, 0.2) is 30.5 Å². The SMILES string of the molecule is CC(C)Oc1ccc(Cn2cc(CCN)nn2)cc1. The van der Waals surface area contributed by atoms with Crippen molar-refractivity contribution >= 4 is 0 Å². The summed E-state index contributed by atoms with van der Waals surface area (Å²) in [5.74, 6) is 0.890. The summed E-state index contributed by atoms with van der Waals surface area (Å²) < 4.78 is 7.43. The van der Waals surface area contributed by atoms with Crippen LogP contribution in [0.1, 0.15) is 25.1 Å². The van der Waals surface area contributed by atoms with Crippen LogP contribution in [0.4, 0.5) is 0 Å². The van der Waals surface area contributed by atoms with Gasteiger partial charge in [-0.1, -0.05) is 17.3 Å². The van der Waals surface area contributed by atoms with E-state index in [4.69, 9.17) is 10.5 Å². The van der Waals surface area contributed by atoms with Crippen molar-refractivity contribution in [3.63, 3.8) is 0 Å². The normalized spacial score (nSPS) is 10.9. The highest BCUT2D eigenvalue weighted by molar-refractivity contribution is 5.27. The Morgan fingerprint density at radius 2 is 2.00 bits per heavy atom. The average molecular weight is 260 g/mol. The van der Waals surface area contributed by atoms with Gasteiger partial charge in [0.15, 0.2) is 0 Å². The molecule has 0 amide bonds. The summed E-state index contributed by atoms with van der Waals surface area (Å²) in [5.41, 5.74) is 7.59. The quantitative estimate of drug-likeness (QED) is 0.857. The molecule has 0 aliphatic rings. The molecule has 2 aromatic rings. The molecule has 2 rings (SSSR count). The van der Waals surface area contributed by atoms with Crippen LogP contribution in [-0.4, -0.2) is 27.6 Å². The fourth-order valence-electron chi connectivity index (χ4n) is 1.81. The molecular weight excluding hydrogens is 240 g/mol. The molecule has 1 heterocycles. The summed E-state index contributed by atoms with van der Waals surface area (Å²) in [6, 6.07) is 8.05. The van der Waals surface area contributed by atoms with Crippen molar-refractivity contribution in [2.75, 3.05) is 6.54 Å². The Hall–Kier alpha value is -1.88. The molecule has 1 aromatic heterocycles. The molecule has 5 heteroatoms. The minimum absolute atomic E-state index is 0.194. The summed E-state index contributed by atoms with van der Waals surface area (Å²) >= 11 is 0. The smallest absolute Gasteiger partial charge is 0.119 e. The minimum atomic E-state index is 0.194. The fraction of sp³-hybridized carbons (Fsp3) is 0.429. The number of rotatable bonds is 6. The first-order valence-electron chi connectivity index (χ1n) is 6.52. The average Bonchev–Trinajstić information content (AvgIpc) is 2.79. The fourth-order valence-corrected chi connectivity index (χ4v) is 1.81. The molecule has 0 atom stereocenters. The van der Waals surface area contributed by atoms with Gasteiger partial charge in [-0.05, 0) is 38.1 Å².